The standard InChI is InChI=1S/C12H15NO7S/c14-5-7-9(15)10(16)11(17)12(20-7)21-8-4-2-1-3-6(8)13(18)19/h1-4,7,9-12,14-17H,5H2/t7-,9-,10+,11-,12-/m0/s1. The second-order valence-electron chi connectivity index (χ2n) is 4.54. The maximum Gasteiger partial charge on any atom is 0.282 e. The number of nitro benzene ring substituents is 1. The van der Waals surface area contributed by atoms with Crippen LogP contribution in [0.4, 0.5) is 5.69 Å². The van der Waals surface area contributed by atoms with E-state index in [2.05, 4.69) is 0 Å². The van der Waals surface area contributed by atoms with Gasteiger partial charge in [-0.15, -0.1) is 0 Å². The molecule has 0 amide bonds. The monoisotopic (exact) mass is 317 g/mol. The average molecular weight is 317 g/mol. The predicted octanol–water partition coefficient (Wildman–Crippen LogP) is -0.513. The number of nitro groups is 1. The molecule has 2 rings (SSSR count). The zero-order chi connectivity index (χ0) is 15.6. The van der Waals surface area contributed by atoms with Crippen molar-refractivity contribution in [1.82, 2.24) is 0 Å². The van der Waals surface area contributed by atoms with E-state index in [9.17, 15) is 25.4 Å². The molecule has 0 bridgehead atoms. The van der Waals surface area contributed by atoms with Crippen molar-refractivity contribution >= 4 is 17.4 Å². The van der Waals surface area contributed by atoms with Gasteiger partial charge < -0.3 is 25.2 Å². The van der Waals surface area contributed by atoms with Gasteiger partial charge in [-0.25, -0.2) is 0 Å². The zero-order valence-electron chi connectivity index (χ0n) is 10.8. The molecule has 1 aromatic carbocycles. The van der Waals surface area contributed by atoms with E-state index in [0.29, 0.717) is 0 Å². The highest BCUT2D eigenvalue weighted by molar-refractivity contribution is 8.00. The summed E-state index contributed by atoms with van der Waals surface area (Å²) in [5, 5.41) is 49.3. The van der Waals surface area contributed by atoms with Crippen LogP contribution < -0.4 is 0 Å². The van der Waals surface area contributed by atoms with E-state index >= 15 is 0 Å². The SMILES string of the molecule is O=[N+]([O-])c1ccccc1S[C@@H]1O[C@@H](CO)[C@H](O)[C@@H](O)[C@@H]1O. The number of nitrogens with zero attached hydrogens (tertiary/aromatic N) is 1. The first-order chi connectivity index (χ1) is 9.95. The van der Waals surface area contributed by atoms with Crippen LogP contribution in [0, 0.1) is 10.1 Å². The van der Waals surface area contributed by atoms with Crippen molar-refractivity contribution in [1.29, 1.82) is 0 Å². The van der Waals surface area contributed by atoms with Crippen molar-refractivity contribution in [2.45, 2.75) is 34.7 Å². The Morgan fingerprint density at radius 3 is 2.48 bits per heavy atom. The minimum atomic E-state index is -1.50. The molecular weight excluding hydrogens is 302 g/mol. The lowest BCUT2D eigenvalue weighted by molar-refractivity contribution is -0.387. The molecule has 0 aromatic heterocycles. The number of ether oxygens (including phenoxy) is 1. The fourth-order valence-corrected chi connectivity index (χ4v) is 3.17. The van der Waals surface area contributed by atoms with Gasteiger partial charge in [0.1, 0.15) is 29.9 Å². The van der Waals surface area contributed by atoms with E-state index in [4.69, 9.17) is 9.84 Å². The van der Waals surface area contributed by atoms with Crippen LogP contribution in [0.1, 0.15) is 0 Å². The number of rotatable bonds is 4. The second kappa shape index (κ2) is 6.69. The fraction of sp³-hybridized carbons (Fsp3) is 0.500. The molecule has 0 radical (unpaired) electrons. The van der Waals surface area contributed by atoms with Crippen LogP contribution in [0.2, 0.25) is 0 Å². The molecule has 1 aliphatic rings. The molecule has 116 valence electrons. The van der Waals surface area contributed by atoms with Crippen LogP contribution in [0.3, 0.4) is 0 Å². The van der Waals surface area contributed by atoms with Gasteiger partial charge in [-0.2, -0.15) is 0 Å². The number of hydrogen-bond donors (Lipinski definition) is 4. The first-order valence-electron chi connectivity index (χ1n) is 6.16. The molecule has 1 heterocycles. The third-order valence-corrected chi connectivity index (χ3v) is 4.37. The third kappa shape index (κ3) is 3.34. The van der Waals surface area contributed by atoms with Gasteiger partial charge in [-0.1, -0.05) is 23.9 Å². The van der Waals surface area contributed by atoms with Crippen molar-refractivity contribution in [3.05, 3.63) is 34.4 Å². The smallest absolute Gasteiger partial charge is 0.282 e. The van der Waals surface area contributed by atoms with Crippen LogP contribution in [0.25, 0.3) is 0 Å². The molecule has 0 spiro atoms. The van der Waals surface area contributed by atoms with Crippen LogP contribution >= 0.6 is 11.8 Å². The Morgan fingerprint density at radius 2 is 1.86 bits per heavy atom. The number of thioether (sulfide) groups is 1. The molecule has 1 aromatic rings. The van der Waals surface area contributed by atoms with Crippen LogP contribution in [-0.2, 0) is 4.74 Å². The summed E-state index contributed by atoms with van der Waals surface area (Å²) in [6.07, 6.45) is -5.43. The van der Waals surface area contributed by atoms with Gasteiger partial charge in [0, 0.05) is 6.07 Å². The summed E-state index contributed by atoms with van der Waals surface area (Å²) >= 11 is 0.856. The highest BCUT2D eigenvalue weighted by Crippen LogP contribution is 2.37. The minimum absolute atomic E-state index is 0.153. The summed E-state index contributed by atoms with van der Waals surface area (Å²) in [6.45, 7) is -0.543. The minimum Gasteiger partial charge on any atom is -0.394 e. The molecule has 0 aliphatic carbocycles. The van der Waals surface area contributed by atoms with Crippen molar-refractivity contribution in [2.75, 3.05) is 6.61 Å². The Morgan fingerprint density at radius 1 is 1.19 bits per heavy atom. The van der Waals surface area contributed by atoms with Gasteiger partial charge in [0.2, 0.25) is 0 Å². The second-order valence-corrected chi connectivity index (χ2v) is 5.68. The number of hydrogen-bond acceptors (Lipinski definition) is 8. The van der Waals surface area contributed by atoms with E-state index in [1.54, 1.807) is 6.07 Å². The lowest BCUT2D eigenvalue weighted by atomic mass is 10.0. The maximum absolute atomic E-state index is 10.9. The first-order valence-corrected chi connectivity index (χ1v) is 7.04. The van der Waals surface area contributed by atoms with Crippen molar-refractivity contribution in [3.63, 3.8) is 0 Å². The third-order valence-electron chi connectivity index (χ3n) is 3.15. The summed E-state index contributed by atoms with van der Waals surface area (Å²) in [5.74, 6) is 0. The van der Waals surface area contributed by atoms with Gasteiger partial charge in [0.25, 0.3) is 5.69 Å². The number of para-hydroxylation sites is 1. The Kier molecular flexibility index (Phi) is 5.14. The molecule has 21 heavy (non-hydrogen) atoms. The number of benzene rings is 1. The number of aliphatic hydroxyl groups is 4. The summed E-state index contributed by atoms with van der Waals surface area (Å²) < 4.78 is 5.30. The van der Waals surface area contributed by atoms with Gasteiger partial charge >= 0.3 is 0 Å². The molecule has 1 aliphatic heterocycles. The van der Waals surface area contributed by atoms with Gasteiger partial charge in [0.15, 0.2) is 0 Å². The molecule has 0 unspecified atom stereocenters. The summed E-state index contributed by atoms with van der Waals surface area (Å²) in [5.41, 5.74) is -1.19. The summed E-state index contributed by atoms with van der Waals surface area (Å²) in [4.78, 5) is 10.6. The van der Waals surface area contributed by atoms with Crippen molar-refractivity contribution in [3.8, 4) is 0 Å². The first kappa shape index (κ1) is 16.1. The van der Waals surface area contributed by atoms with Gasteiger partial charge in [0.05, 0.1) is 16.4 Å². The van der Waals surface area contributed by atoms with E-state index in [0.717, 1.165) is 11.8 Å². The van der Waals surface area contributed by atoms with E-state index < -0.39 is 41.4 Å². The van der Waals surface area contributed by atoms with E-state index in [1.165, 1.54) is 18.2 Å². The van der Waals surface area contributed by atoms with Crippen molar-refractivity contribution in [2.24, 2.45) is 0 Å². The highest BCUT2D eigenvalue weighted by atomic mass is 32.2. The topological polar surface area (TPSA) is 133 Å². The molecule has 1 saturated heterocycles. The highest BCUT2D eigenvalue weighted by Gasteiger charge is 2.44. The molecule has 5 atom stereocenters. The molecular formula is C12H15NO7S. The van der Waals surface area contributed by atoms with E-state index in [-0.39, 0.29) is 10.6 Å². The Hall–Kier alpha value is -1.23. The largest absolute Gasteiger partial charge is 0.394 e. The summed E-state index contributed by atoms with van der Waals surface area (Å²) in [7, 11) is 0. The van der Waals surface area contributed by atoms with E-state index in [1.807, 2.05) is 0 Å². The van der Waals surface area contributed by atoms with Crippen LogP contribution in [-0.4, -0.2) is 61.8 Å². The normalized spacial score (nSPS) is 32.9. The molecule has 0 saturated carbocycles. The van der Waals surface area contributed by atoms with Gasteiger partial charge in [-0.3, -0.25) is 10.1 Å². The van der Waals surface area contributed by atoms with Gasteiger partial charge in [-0.05, 0) is 6.07 Å². The lowest BCUT2D eigenvalue weighted by Gasteiger charge is -2.39. The fourth-order valence-electron chi connectivity index (χ4n) is 2.00. The summed E-state index contributed by atoms with van der Waals surface area (Å²) in [6, 6.07) is 5.91. The molecule has 8 nitrogen and oxygen atoms in total. The Bertz CT molecular complexity index is 512. The quantitative estimate of drug-likeness (QED) is 0.431. The molecule has 9 heteroatoms. The maximum atomic E-state index is 10.9. The predicted molar refractivity (Wildman–Crippen MR) is 72.7 cm³/mol. The molecule has 1 fully saturated rings. The lowest BCUT2D eigenvalue weighted by Crippen LogP contribution is -2.57. The average Bonchev–Trinajstić information content (AvgIpc) is 2.48. The van der Waals surface area contributed by atoms with Crippen molar-refractivity contribution < 1.29 is 30.1 Å². The molecule has 4 N–H and O–H groups in total. The van der Waals surface area contributed by atoms with Crippen LogP contribution in [0.5, 0.6) is 0 Å². The zero-order valence-corrected chi connectivity index (χ0v) is 11.6. The Balaban J connectivity index is 2.20. The number of aliphatic hydroxyl groups excluding tert-OH is 4. The van der Waals surface area contributed by atoms with Crippen LogP contribution in [0.15, 0.2) is 29.2 Å². The Labute approximate surface area is 124 Å².